The maximum atomic E-state index is 13.1. The van der Waals surface area contributed by atoms with Gasteiger partial charge < -0.3 is 15.5 Å². The van der Waals surface area contributed by atoms with E-state index in [1.165, 1.54) is 6.07 Å². The average molecular weight is 241 g/mol. The molecule has 1 aromatic carbocycles. The molecular weight excluding hydrogens is 229 g/mol. The van der Waals surface area contributed by atoms with Crippen LogP contribution >= 0.6 is 0 Å². The van der Waals surface area contributed by atoms with Gasteiger partial charge in [-0.2, -0.15) is 0 Å². The molecule has 17 heavy (non-hydrogen) atoms. The summed E-state index contributed by atoms with van der Waals surface area (Å²) in [4.78, 5) is 21.4. The number of hydrogen-bond donors (Lipinski definition) is 3. The molecule has 0 fully saturated rings. The third-order valence-corrected chi connectivity index (χ3v) is 2.24. The van der Waals surface area contributed by atoms with Crippen LogP contribution in [0, 0.1) is 5.82 Å². The van der Waals surface area contributed by atoms with E-state index in [2.05, 4.69) is 5.32 Å². The van der Waals surface area contributed by atoms with Crippen molar-refractivity contribution in [2.45, 2.75) is 19.4 Å². The van der Waals surface area contributed by atoms with Crippen LogP contribution in [0.3, 0.4) is 0 Å². The molecule has 0 aromatic heterocycles. The van der Waals surface area contributed by atoms with Crippen molar-refractivity contribution in [3.05, 3.63) is 29.6 Å². The van der Waals surface area contributed by atoms with Crippen LogP contribution in [0.5, 0.6) is 0 Å². The van der Waals surface area contributed by atoms with Crippen LogP contribution in [0.15, 0.2) is 18.2 Å². The lowest BCUT2D eigenvalue weighted by molar-refractivity contribution is -0.137. The number of aliphatic carboxylic acids is 1. The van der Waals surface area contributed by atoms with Crippen molar-refractivity contribution in [3.63, 3.8) is 0 Å². The number of anilines is 1. The van der Waals surface area contributed by atoms with Gasteiger partial charge >= 0.3 is 11.9 Å². The van der Waals surface area contributed by atoms with Crippen molar-refractivity contribution < 1.29 is 24.2 Å². The monoisotopic (exact) mass is 241 g/mol. The zero-order valence-corrected chi connectivity index (χ0v) is 9.11. The summed E-state index contributed by atoms with van der Waals surface area (Å²) in [6.45, 7) is 1.67. The van der Waals surface area contributed by atoms with Gasteiger partial charge in [-0.25, -0.2) is 14.0 Å². The first-order chi connectivity index (χ1) is 7.95. The fraction of sp³-hybridized carbons (Fsp3) is 0.273. The van der Waals surface area contributed by atoms with Gasteiger partial charge in [-0.1, -0.05) is 6.92 Å². The molecule has 0 amide bonds. The normalized spacial score (nSPS) is 11.9. The Morgan fingerprint density at radius 2 is 2.06 bits per heavy atom. The van der Waals surface area contributed by atoms with Crippen LogP contribution < -0.4 is 5.32 Å². The molecule has 0 aliphatic rings. The highest BCUT2D eigenvalue weighted by Crippen LogP contribution is 2.16. The number of benzene rings is 1. The van der Waals surface area contributed by atoms with E-state index in [0.29, 0.717) is 6.42 Å². The number of rotatable bonds is 5. The van der Waals surface area contributed by atoms with Crippen molar-refractivity contribution in [1.29, 1.82) is 0 Å². The molecule has 5 nitrogen and oxygen atoms in total. The third kappa shape index (κ3) is 3.17. The second-order valence-corrected chi connectivity index (χ2v) is 3.44. The number of carboxylic acid groups (broad SMARTS) is 2. The molecule has 0 aliphatic carbocycles. The van der Waals surface area contributed by atoms with Gasteiger partial charge in [0.25, 0.3) is 0 Å². The first-order valence-electron chi connectivity index (χ1n) is 4.98. The van der Waals surface area contributed by atoms with Gasteiger partial charge in [0, 0.05) is 5.69 Å². The zero-order valence-electron chi connectivity index (χ0n) is 9.11. The molecule has 1 rings (SSSR count). The lowest BCUT2D eigenvalue weighted by atomic mass is 10.1. The zero-order chi connectivity index (χ0) is 13.0. The predicted octanol–water partition coefficient (Wildman–Crippen LogP) is 1.80. The summed E-state index contributed by atoms with van der Waals surface area (Å²) in [7, 11) is 0. The Morgan fingerprint density at radius 3 is 2.53 bits per heavy atom. The quantitative estimate of drug-likeness (QED) is 0.731. The van der Waals surface area contributed by atoms with Crippen LogP contribution in [0.1, 0.15) is 23.7 Å². The maximum absolute atomic E-state index is 13.1. The molecule has 1 aromatic rings. The Hall–Kier alpha value is -2.11. The number of aromatic carboxylic acids is 1. The molecule has 0 aliphatic heterocycles. The van der Waals surface area contributed by atoms with Crippen LogP contribution in [0.2, 0.25) is 0 Å². The molecule has 6 heteroatoms. The Morgan fingerprint density at radius 1 is 1.41 bits per heavy atom. The highest BCUT2D eigenvalue weighted by Gasteiger charge is 2.16. The topological polar surface area (TPSA) is 86.6 Å². The first-order valence-corrected chi connectivity index (χ1v) is 4.98. The van der Waals surface area contributed by atoms with Gasteiger partial charge in [-0.3, -0.25) is 0 Å². The van der Waals surface area contributed by atoms with E-state index in [0.717, 1.165) is 12.1 Å². The van der Waals surface area contributed by atoms with E-state index in [4.69, 9.17) is 10.2 Å². The van der Waals surface area contributed by atoms with Gasteiger partial charge in [0.05, 0.1) is 5.56 Å². The summed E-state index contributed by atoms with van der Waals surface area (Å²) >= 11 is 0. The molecule has 1 unspecified atom stereocenters. The molecule has 1 atom stereocenters. The van der Waals surface area contributed by atoms with Crippen LogP contribution in [0.4, 0.5) is 10.1 Å². The Bertz CT molecular complexity index is 447. The minimum Gasteiger partial charge on any atom is -0.480 e. The highest BCUT2D eigenvalue weighted by molar-refractivity contribution is 5.89. The van der Waals surface area contributed by atoms with Crippen LogP contribution in [-0.2, 0) is 4.79 Å². The van der Waals surface area contributed by atoms with E-state index in [1.807, 2.05) is 0 Å². The summed E-state index contributed by atoms with van der Waals surface area (Å²) in [5.41, 5.74) is -0.228. The Kier molecular flexibility index (Phi) is 4.03. The smallest absolute Gasteiger partial charge is 0.338 e. The molecule has 0 saturated heterocycles. The summed E-state index contributed by atoms with van der Waals surface area (Å²) in [5, 5.41) is 20.1. The van der Waals surface area contributed by atoms with Crippen molar-refractivity contribution >= 4 is 17.6 Å². The Labute approximate surface area is 96.9 Å². The van der Waals surface area contributed by atoms with Gasteiger partial charge in [-0.15, -0.1) is 0 Å². The summed E-state index contributed by atoms with van der Waals surface area (Å²) in [6, 6.07) is 2.53. The van der Waals surface area contributed by atoms with E-state index in [9.17, 15) is 14.0 Å². The molecule has 92 valence electrons. The van der Waals surface area contributed by atoms with Crippen molar-refractivity contribution in [2.75, 3.05) is 5.32 Å². The number of halogens is 1. The van der Waals surface area contributed by atoms with Gasteiger partial charge in [-0.05, 0) is 24.6 Å². The van der Waals surface area contributed by atoms with Crippen molar-refractivity contribution in [1.82, 2.24) is 0 Å². The Balaban J connectivity index is 2.96. The minimum absolute atomic E-state index is 0.262. The summed E-state index contributed by atoms with van der Waals surface area (Å²) < 4.78 is 13.1. The fourth-order valence-corrected chi connectivity index (χ4v) is 1.32. The highest BCUT2D eigenvalue weighted by atomic mass is 19.1. The van der Waals surface area contributed by atoms with E-state index >= 15 is 0 Å². The SMILES string of the molecule is CCC(Nc1ccc(F)c(C(=O)O)c1)C(=O)O. The number of carboxylic acids is 2. The van der Waals surface area contributed by atoms with Crippen molar-refractivity contribution in [2.24, 2.45) is 0 Å². The maximum Gasteiger partial charge on any atom is 0.338 e. The molecular formula is C11H12FNO4. The second kappa shape index (κ2) is 5.29. The number of nitrogens with one attached hydrogen (secondary N) is 1. The van der Waals surface area contributed by atoms with Gasteiger partial charge in [0.2, 0.25) is 0 Å². The minimum atomic E-state index is -1.39. The van der Waals surface area contributed by atoms with Gasteiger partial charge in [0.15, 0.2) is 0 Å². The molecule has 0 heterocycles. The summed E-state index contributed by atoms with van der Waals surface area (Å²) in [6.07, 6.45) is 0.328. The van der Waals surface area contributed by atoms with Crippen molar-refractivity contribution in [3.8, 4) is 0 Å². The fourth-order valence-electron chi connectivity index (χ4n) is 1.32. The van der Waals surface area contributed by atoms with E-state index in [1.54, 1.807) is 6.92 Å². The molecule has 0 spiro atoms. The number of carbonyl (C=O) groups is 2. The second-order valence-electron chi connectivity index (χ2n) is 3.44. The lowest BCUT2D eigenvalue weighted by Gasteiger charge is -2.14. The summed E-state index contributed by atoms with van der Waals surface area (Å²) in [5.74, 6) is -3.30. The standard InChI is InChI=1S/C11H12FNO4/c1-2-9(11(16)17)13-6-3-4-8(12)7(5-6)10(14)15/h3-5,9,13H,2H2,1H3,(H,14,15)(H,16,17). The average Bonchev–Trinajstić information content (AvgIpc) is 2.27. The van der Waals surface area contributed by atoms with Gasteiger partial charge in [0.1, 0.15) is 11.9 Å². The first kappa shape index (κ1) is 13.0. The third-order valence-electron chi connectivity index (χ3n) is 2.24. The largest absolute Gasteiger partial charge is 0.480 e. The molecule has 0 radical (unpaired) electrons. The molecule has 0 bridgehead atoms. The molecule has 0 saturated carbocycles. The predicted molar refractivity (Wildman–Crippen MR) is 58.7 cm³/mol. The van der Waals surface area contributed by atoms with E-state index < -0.39 is 29.4 Å². The molecule has 3 N–H and O–H groups in total. The van der Waals surface area contributed by atoms with Crippen LogP contribution in [-0.4, -0.2) is 28.2 Å². The van der Waals surface area contributed by atoms with E-state index in [-0.39, 0.29) is 5.69 Å². The number of hydrogen-bond acceptors (Lipinski definition) is 3. The lowest BCUT2D eigenvalue weighted by Crippen LogP contribution is -2.28. The van der Waals surface area contributed by atoms with Crippen LogP contribution in [0.25, 0.3) is 0 Å².